The van der Waals surface area contributed by atoms with Gasteiger partial charge in [-0.2, -0.15) is 0 Å². The van der Waals surface area contributed by atoms with Gasteiger partial charge in [0.15, 0.2) is 0 Å². The molecule has 0 aromatic rings. The van der Waals surface area contributed by atoms with E-state index >= 15 is 0 Å². The molecule has 0 aliphatic rings. The summed E-state index contributed by atoms with van der Waals surface area (Å²) in [5.74, 6) is 0. The maximum absolute atomic E-state index is 2.30. The summed E-state index contributed by atoms with van der Waals surface area (Å²) < 4.78 is 3.08. The minimum absolute atomic E-state index is 0.0494. The molecule has 0 aromatic heterocycles. The Bertz CT molecular complexity index is 11.1. The van der Waals surface area contributed by atoms with Crippen molar-refractivity contribution in [1.82, 2.24) is 0 Å². The molecule has 0 heterocycles. The first kappa shape index (κ1) is 5.88. The molecule has 0 saturated carbocycles. The van der Waals surface area contributed by atoms with Gasteiger partial charge in [0.25, 0.3) is 0 Å². The van der Waals surface area contributed by atoms with E-state index in [9.17, 15) is 0 Å². The van der Waals surface area contributed by atoms with E-state index in [1.807, 2.05) is 0 Å². The molecular weight excluding hydrogens is 257 g/mol. The van der Waals surface area contributed by atoms with Crippen LogP contribution in [0, 0.1) is 0 Å². The molecule has 1 heteroatoms. The molecule has 0 radical (unpaired) electrons. The summed E-state index contributed by atoms with van der Waals surface area (Å²) in [4.78, 5) is 0. The van der Waals surface area contributed by atoms with Crippen molar-refractivity contribution < 1.29 is 0 Å². The van der Waals surface area contributed by atoms with Crippen molar-refractivity contribution in [3.05, 3.63) is 0 Å². The Balaban J connectivity index is 2.19. The fourth-order valence-corrected chi connectivity index (χ4v) is 2.19. The van der Waals surface area contributed by atoms with Crippen LogP contribution in [0.3, 0.4) is 0 Å². The van der Waals surface area contributed by atoms with Crippen LogP contribution in [0.4, 0.5) is 0 Å². The summed E-state index contributed by atoms with van der Waals surface area (Å²) in [6.45, 7) is 4.60. The standard InChI is InChI=1S/2C2H5.Bi.H/c2*1-2;;/h2*1H2,2H3;;. The molecule has 0 aliphatic carbocycles. The first-order valence-electron chi connectivity index (χ1n) is 2.12. The summed E-state index contributed by atoms with van der Waals surface area (Å²) >= 11 is 0.0494. The average molecular weight is 268 g/mol. The zero-order valence-corrected chi connectivity index (χ0v) is 7.80. The Morgan fingerprint density at radius 2 is 1.60 bits per heavy atom. The second-order valence-electron chi connectivity index (χ2n) is 0.957. The Morgan fingerprint density at radius 1 is 1.20 bits per heavy atom. The van der Waals surface area contributed by atoms with Crippen molar-refractivity contribution in [3.8, 4) is 0 Å². The van der Waals surface area contributed by atoms with Gasteiger partial charge < -0.3 is 0 Å². The van der Waals surface area contributed by atoms with Gasteiger partial charge in [-0.05, 0) is 0 Å². The average Bonchev–Trinajstić information content (AvgIpc) is 1.41. The summed E-state index contributed by atoms with van der Waals surface area (Å²) in [6.07, 6.45) is 0. The van der Waals surface area contributed by atoms with Gasteiger partial charge in [0.1, 0.15) is 0 Å². The van der Waals surface area contributed by atoms with E-state index in [0.29, 0.717) is 0 Å². The van der Waals surface area contributed by atoms with E-state index in [1.54, 1.807) is 0 Å². The molecule has 0 nitrogen and oxygen atoms in total. The first-order chi connectivity index (χ1) is 2.41. The molecule has 0 saturated heterocycles. The maximum atomic E-state index is 2.30. The first-order valence-corrected chi connectivity index (χ1v) is 7.62. The van der Waals surface area contributed by atoms with Crippen molar-refractivity contribution >= 4 is 23.2 Å². The summed E-state index contributed by atoms with van der Waals surface area (Å²) in [5, 5.41) is 0. The zero-order chi connectivity index (χ0) is 4.12. The van der Waals surface area contributed by atoms with Gasteiger partial charge in [0.2, 0.25) is 0 Å². The van der Waals surface area contributed by atoms with Gasteiger partial charge in [-0.1, -0.05) is 0 Å². The summed E-state index contributed by atoms with van der Waals surface area (Å²) in [6, 6.07) is 0. The molecule has 0 amide bonds. The van der Waals surface area contributed by atoms with Crippen molar-refractivity contribution in [2.45, 2.75) is 22.1 Å². The second kappa shape index (κ2) is 4.88. The fraction of sp³-hybridized carbons (Fsp3) is 1.00. The third kappa shape index (κ3) is 4.88. The molecule has 0 bridgehead atoms. The Morgan fingerprint density at radius 3 is 1.60 bits per heavy atom. The van der Waals surface area contributed by atoms with E-state index in [0.717, 1.165) is 0 Å². The molecule has 0 aliphatic heterocycles. The molecule has 0 aromatic carbocycles. The van der Waals surface area contributed by atoms with Gasteiger partial charge in [0, 0.05) is 0 Å². The van der Waals surface area contributed by atoms with E-state index in [-0.39, 0.29) is 23.2 Å². The number of hydrogen-bond donors (Lipinski definition) is 0. The molecule has 0 rings (SSSR count). The Labute approximate surface area is 45.5 Å². The molecule has 0 fully saturated rings. The summed E-state index contributed by atoms with van der Waals surface area (Å²) in [7, 11) is 0. The normalized spacial score (nSPS) is 8.40. The van der Waals surface area contributed by atoms with Gasteiger partial charge in [0.05, 0.1) is 0 Å². The molecule has 0 N–H and O–H groups in total. The predicted octanol–water partition coefficient (Wildman–Crippen LogP) is 1.30. The topological polar surface area (TPSA) is 0 Å². The molecule has 0 atom stereocenters. The van der Waals surface area contributed by atoms with Gasteiger partial charge in [-0.3, -0.25) is 0 Å². The molecule has 0 unspecified atom stereocenters. The third-order valence-corrected chi connectivity index (χ3v) is 4.39. The second-order valence-corrected chi connectivity index (χ2v) is 8.40. The Kier molecular flexibility index (Phi) is 5.75. The van der Waals surface area contributed by atoms with Crippen LogP contribution in [0.5, 0.6) is 0 Å². The van der Waals surface area contributed by atoms with Gasteiger partial charge in [-0.15, -0.1) is 0 Å². The van der Waals surface area contributed by atoms with E-state index in [2.05, 4.69) is 13.8 Å². The third-order valence-electron chi connectivity index (χ3n) is 0.500. The predicted molar refractivity (Wildman–Crippen MR) is 28.1 cm³/mol. The molecule has 32 valence electrons. The van der Waals surface area contributed by atoms with Crippen LogP contribution in [-0.4, -0.2) is 23.2 Å². The van der Waals surface area contributed by atoms with Crippen LogP contribution in [0.1, 0.15) is 13.8 Å². The molecular formula is C4H11Bi. The van der Waals surface area contributed by atoms with Gasteiger partial charge >= 0.3 is 45.3 Å². The van der Waals surface area contributed by atoms with E-state index in [4.69, 9.17) is 0 Å². The van der Waals surface area contributed by atoms with Crippen LogP contribution in [0.25, 0.3) is 0 Å². The van der Waals surface area contributed by atoms with Gasteiger partial charge in [-0.25, -0.2) is 0 Å². The quantitative estimate of drug-likeness (QED) is 0.662. The summed E-state index contributed by atoms with van der Waals surface area (Å²) in [5.41, 5.74) is 0. The van der Waals surface area contributed by atoms with Crippen molar-refractivity contribution in [2.24, 2.45) is 0 Å². The number of hydrogen-bond acceptors (Lipinski definition) is 0. The van der Waals surface area contributed by atoms with Crippen LogP contribution in [0.2, 0.25) is 8.26 Å². The van der Waals surface area contributed by atoms with Crippen molar-refractivity contribution in [1.29, 1.82) is 0 Å². The number of rotatable bonds is 2. The van der Waals surface area contributed by atoms with E-state index < -0.39 is 0 Å². The Hall–Kier alpha value is 0.883. The fourth-order valence-electron chi connectivity index (χ4n) is 0.250. The van der Waals surface area contributed by atoms with Crippen LogP contribution < -0.4 is 0 Å². The SMILES string of the molecule is C[CH2][BiH][CH2]C. The monoisotopic (exact) mass is 268 g/mol. The van der Waals surface area contributed by atoms with Crippen molar-refractivity contribution in [3.63, 3.8) is 0 Å². The molecule has 0 spiro atoms. The minimum atomic E-state index is 0.0494. The zero-order valence-electron chi connectivity index (χ0n) is 3.91. The molecule has 5 heavy (non-hydrogen) atoms. The van der Waals surface area contributed by atoms with Crippen LogP contribution >= 0.6 is 0 Å². The van der Waals surface area contributed by atoms with Crippen molar-refractivity contribution in [2.75, 3.05) is 0 Å². The van der Waals surface area contributed by atoms with Crippen LogP contribution in [-0.2, 0) is 0 Å². The van der Waals surface area contributed by atoms with Crippen LogP contribution in [0.15, 0.2) is 0 Å². The van der Waals surface area contributed by atoms with E-state index in [1.165, 1.54) is 8.26 Å².